The Hall–Kier alpha value is -1.74. The lowest BCUT2D eigenvalue weighted by Crippen LogP contribution is -2.49. The lowest BCUT2D eigenvalue weighted by Gasteiger charge is -2.33. The SMILES string of the molecule is CC(c1cc(F)ccc1F)N(C)C(=O)NC1CCN(S(C)(=O)=O)CC1. The molecule has 6 nitrogen and oxygen atoms in total. The molecule has 1 aromatic rings. The van der Waals surface area contributed by atoms with E-state index >= 15 is 0 Å². The highest BCUT2D eigenvalue weighted by atomic mass is 32.2. The second kappa shape index (κ2) is 7.65. The molecule has 0 saturated carbocycles. The first-order valence-corrected chi connectivity index (χ1v) is 9.88. The smallest absolute Gasteiger partial charge is 0.317 e. The van der Waals surface area contributed by atoms with Crippen LogP contribution in [0.25, 0.3) is 0 Å². The number of carbonyl (C=O) groups is 1. The van der Waals surface area contributed by atoms with Crippen LogP contribution in [-0.4, -0.2) is 56.1 Å². The number of carbonyl (C=O) groups excluding carboxylic acids is 1. The van der Waals surface area contributed by atoms with Crippen LogP contribution in [0.4, 0.5) is 13.6 Å². The maximum Gasteiger partial charge on any atom is 0.317 e. The van der Waals surface area contributed by atoms with Crippen LogP contribution in [0.5, 0.6) is 0 Å². The molecule has 1 fully saturated rings. The molecule has 1 atom stereocenters. The number of nitrogens with one attached hydrogen (secondary N) is 1. The third-order valence-electron chi connectivity index (χ3n) is 4.56. The number of rotatable bonds is 4. The van der Waals surface area contributed by atoms with E-state index in [-0.39, 0.29) is 11.6 Å². The Balaban J connectivity index is 1.96. The summed E-state index contributed by atoms with van der Waals surface area (Å²) in [5, 5.41) is 2.82. The van der Waals surface area contributed by atoms with Gasteiger partial charge in [-0.3, -0.25) is 0 Å². The highest BCUT2D eigenvalue weighted by Crippen LogP contribution is 2.23. The zero-order chi connectivity index (χ0) is 18.8. The van der Waals surface area contributed by atoms with Gasteiger partial charge in [0.25, 0.3) is 0 Å². The van der Waals surface area contributed by atoms with Gasteiger partial charge in [0.05, 0.1) is 12.3 Å². The number of urea groups is 1. The fourth-order valence-corrected chi connectivity index (χ4v) is 3.70. The van der Waals surface area contributed by atoms with Gasteiger partial charge < -0.3 is 10.2 Å². The summed E-state index contributed by atoms with van der Waals surface area (Å²) in [6.45, 7) is 2.31. The molecule has 9 heteroatoms. The summed E-state index contributed by atoms with van der Waals surface area (Å²) in [6.07, 6.45) is 2.18. The molecule has 0 spiro atoms. The molecule has 2 rings (SSSR count). The van der Waals surface area contributed by atoms with Crippen LogP contribution in [0.3, 0.4) is 0 Å². The summed E-state index contributed by atoms with van der Waals surface area (Å²) in [7, 11) is -1.71. The van der Waals surface area contributed by atoms with Crippen molar-refractivity contribution in [3.63, 3.8) is 0 Å². The number of hydrogen-bond acceptors (Lipinski definition) is 3. The van der Waals surface area contributed by atoms with Gasteiger partial charge in [0.1, 0.15) is 11.6 Å². The third-order valence-corrected chi connectivity index (χ3v) is 5.86. The lowest BCUT2D eigenvalue weighted by atomic mass is 10.1. The van der Waals surface area contributed by atoms with Crippen LogP contribution >= 0.6 is 0 Å². The van der Waals surface area contributed by atoms with E-state index in [4.69, 9.17) is 0 Å². The van der Waals surface area contributed by atoms with Gasteiger partial charge in [0.15, 0.2) is 0 Å². The largest absolute Gasteiger partial charge is 0.335 e. The number of piperidine rings is 1. The molecule has 1 heterocycles. The molecule has 1 N–H and O–H groups in total. The molecule has 0 radical (unpaired) electrons. The summed E-state index contributed by atoms with van der Waals surface area (Å²) >= 11 is 0. The van der Waals surface area contributed by atoms with Crippen LogP contribution in [0.15, 0.2) is 18.2 Å². The van der Waals surface area contributed by atoms with Crippen LogP contribution in [0.1, 0.15) is 31.4 Å². The van der Waals surface area contributed by atoms with E-state index in [0.29, 0.717) is 25.9 Å². The molecule has 25 heavy (non-hydrogen) atoms. The Morgan fingerprint density at radius 2 is 1.92 bits per heavy atom. The van der Waals surface area contributed by atoms with Gasteiger partial charge in [0.2, 0.25) is 10.0 Å². The highest BCUT2D eigenvalue weighted by molar-refractivity contribution is 7.88. The fourth-order valence-electron chi connectivity index (χ4n) is 2.83. The predicted octanol–water partition coefficient (Wildman–Crippen LogP) is 2.09. The van der Waals surface area contributed by atoms with Crippen molar-refractivity contribution in [3.8, 4) is 0 Å². The van der Waals surface area contributed by atoms with Crippen molar-refractivity contribution in [2.45, 2.75) is 31.8 Å². The van der Waals surface area contributed by atoms with Gasteiger partial charge in [-0.1, -0.05) is 0 Å². The summed E-state index contributed by atoms with van der Waals surface area (Å²) in [6, 6.07) is 1.93. The summed E-state index contributed by atoms with van der Waals surface area (Å²) in [4.78, 5) is 13.7. The number of amides is 2. The monoisotopic (exact) mass is 375 g/mol. The topological polar surface area (TPSA) is 69.7 Å². The maximum atomic E-state index is 13.9. The first-order chi connectivity index (χ1) is 11.6. The van der Waals surface area contributed by atoms with Crippen molar-refractivity contribution in [2.24, 2.45) is 0 Å². The van der Waals surface area contributed by atoms with E-state index in [1.807, 2.05) is 0 Å². The van der Waals surface area contributed by atoms with Crippen molar-refractivity contribution in [1.82, 2.24) is 14.5 Å². The highest BCUT2D eigenvalue weighted by Gasteiger charge is 2.28. The average molecular weight is 375 g/mol. The second-order valence-electron chi connectivity index (χ2n) is 6.34. The van der Waals surface area contributed by atoms with E-state index in [1.54, 1.807) is 6.92 Å². The lowest BCUT2D eigenvalue weighted by molar-refractivity contribution is 0.183. The fraction of sp³-hybridized carbons (Fsp3) is 0.562. The Morgan fingerprint density at radius 1 is 1.32 bits per heavy atom. The Bertz CT molecular complexity index is 734. The molecule has 0 aliphatic carbocycles. The van der Waals surface area contributed by atoms with Gasteiger partial charge in [-0.2, -0.15) is 0 Å². The normalized spacial score (nSPS) is 18.0. The molecule has 1 saturated heterocycles. The molecule has 1 aromatic carbocycles. The predicted molar refractivity (Wildman–Crippen MR) is 90.5 cm³/mol. The number of sulfonamides is 1. The Labute approximate surface area is 146 Å². The second-order valence-corrected chi connectivity index (χ2v) is 8.32. The van der Waals surface area contributed by atoms with Crippen molar-refractivity contribution >= 4 is 16.1 Å². The zero-order valence-electron chi connectivity index (χ0n) is 14.5. The summed E-state index contributed by atoms with van der Waals surface area (Å²) in [5.41, 5.74) is 0.101. The van der Waals surface area contributed by atoms with Crippen molar-refractivity contribution in [1.29, 1.82) is 0 Å². The standard InChI is InChI=1S/C16H23F2N3O3S/c1-11(14-10-12(17)4-5-15(14)18)20(2)16(22)19-13-6-8-21(9-7-13)25(3,23)24/h4-5,10-11,13H,6-9H2,1-3H3,(H,19,22). The van der Waals surface area contributed by atoms with Gasteiger partial charge in [0, 0.05) is 31.7 Å². The van der Waals surface area contributed by atoms with Gasteiger partial charge in [-0.05, 0) is 38.0 Å². The average Bonchev–Trinajstić information content (AvgIpc) is 2.55. The molecule has 1 unspecified atom stereocenters. The quantitative estimate of drug-likeness (QED) is 0.876. The molecule has 140 valence electrons. The van der Waals surface area contributed by atoms with Crippen molar-refractivity contribution < 1.29 is 22.0 Å². The van der Waals surface area contributed by atoms with Crippen LogP contribution in [-0.2, 0) is 10.0 Å². The third kappa shape index (κ3) is 4.88. The maximum absolute atomic E-state index is 13.9. The molecular weight excluding hydrogens is 352 g/mol. The molecule has 1 aliphatic rings. The van der Waals surface area contributed by atoms with E-state index in [0.717, 1.165) is 24.5 Å². The molecule has 0 aromatic heterocycles. The Kier molecular flexibility index (Phi) is 5.99. The minimum atomic E-state index is -3.22. The molecule has 2 amide bonds. The number of nitrogens with zero attached hydrogens (tertiary/aromatic N) is 2. The summed E-state index contributed by atoms with van der Waals surface area (Å²) in [5.74, 6) is -1.14. The van der Waals surface area contributed by atoms with Crippen LogP contribution in [0, 0.1) is 11.6 Å². The van der Waals surface area contributed by atoms with E-state index in [9.17, 15) is 22.0 Å². The Morgan fingerprint density at radius 3 is 2.48 bits per heavy atom. The van der Waals surface area contributed by atoms with E-state index in [1.165, 1.54) is 16.3 Å². The van der Waals surface area contributed by atoms with Crippen LogP contribution < -0.4 is 5.32 Å². The first-order valence-electron chi connectivity index (χ1n) is 8.03. The van der Waals surface area contributed by atoms with Crippen molar-refractivity contribution in [2.75, 3.05) is 26.4 Å². The van der Waals surface area contributed by atoms with E-state index < -0.39 is 33.7 Å². The van der Waals surface area contributed by atoms with Gasteiger partial charge in [-0.15, -0.1) is 0 Å². The minimum Gasteiger partial charge on any atom is -0.335 e. The summed E-state index contributed by atoms with van der Waals surface area (Å²) < 4.78 is 51.6. The number of hydrogen-bond donors (Lipinski definition) is 1. The first kappa shape index (κ1) is 19.6. The van der Waals surface area contributed by atoms with Crippen LogP contribution in [0.2, 0.25) is 0 Å². The number of benzene rings is 1. The zero-order valence-corrected chi connectivity index (χ0v) is 15.3. The molecular formula is C16H23F2N3O3S. The number of halogens is 2. The van der Waals surface area contributed by atoms with Gasteiger partial charge in [-0.25, -0.2) is 26.3 Å². The minimum absolute atomic E-state index is 0.101. The van der Waals surface area contributed by atoms with Crippen molar-refractivity contribution in [3.05, 3.63) is 35.4 Å². The molecule has 0 bridgehead atoms. The molecule has 1 aliphatic heterocycles. The van der Waals surface area contributed by atoms with E-state index in [2.05, 4.69) is 5.32 Å². The van der Waals surface area contributed by atoms with Gasteiger partial charge >= 0.3 is 6.03 Å².